The number of anilines is 2. The first-order valence-electron chi connectivity index (χ1n) is 5.45. The lowest BCUT2D eigenvalue weighted by Gasteiger charge is -2.34. The maximum Gasteiger partial charge on any atom is 0.242 e. The van der Waals surface area contributed by atoms with E-state index in [0.29, 0.717) is 31.3 Å². The molecule has 17 heavy (non-hydrogen) atoms. The smallest absolute Gasteiger partial charge is 0.242 e. The molecule has 1 fully saturated rings. The lowest BCUT2D eigenvalue weighted by Crippen LogP contribution is -2.53. The van der Waals surface area contributed by atoms with E-state index in [2.05, 4.69) is 4.98 Å². The molecule has 0 aromatic carbocycles. The van der Waals surface area contributed by atoms with E-state index in [0.717, 1.165) is 5.56 Å². The van der Waals surface area contributed by atoms with Gasteiger partial charge in [0.1, 0.15) is 11.9 Å². The van der Waals surface area contributed by atoms with Crippen LogP contribution >= 0.6 is 0 Å². The van der Waals surface area contributed by atoms with E-state index in [-0.39, 0.29) is 0 Å². The monoisotopic (exact) mass is 236 g/mol. The van der Waals surface area contributed by atoms with Crippen molar-refractivity contribution in [2.75, 3.05) is 30.4 Å². The highest BCUT2D eigenvalue weighted by Crippen LogP contribution is 2.21. The second-order valence-corrected chi connectivity index (χ2v) is 4.09. The number of rotatable bonds is 2. The van der Waals surface area contributed by atoms with E-state index in [1.54, 1.807) is 12.3 Å². The van der Waals surface area contributed by atoms with Crippen LogP contribution in [0.1, 0.15) is 5.56 Å². The number of aromatic nitrogens is 1. The van der Waals surface area contributed by atoms with Crippen LogP contribution in [0.3, 0.4) is 0 Å². The molecule has 1 aliphatic heterocycles. The number of aryl methyl sites for hydroxylation is 1. The van der Waals surface area contributed by atoms with Crippen LogP contribution in [-0.2, 0) is 9.53 Å². The zero-order valence-electron chi connectivity index (χ0n) is 9.72. The number of amides is 1. The highest BCUT2D eigenvalue weighted by Gasteiger charge is 2.28. The fourth-order valence-electron chi connectivity index (χ4n) is 1.80. The molecular weight excluding hydrogens is 220 g/mol. The summed E-state index contributed by atoms with van der Waals surface area (Å²) < 4.78 is 5.25. The molecule has 0 aliphatic carbocycles. The normalized spacial score (nSPS) is 20.3. The minimum absolute atomic E-state index is 0.296. The van der Waals surface area contributed by atoms with Crippen LogP contribution in [-0.4, -0.2) is 36.7 Å². The molecule has 92 valence electrons. The molecule has 6 heteroatoms. The molecule has 1 amide bonds. The summed E-state index contributed by atoms with van der Waals surface area (Å²) >= 11 is 0. The number of nitrogen functional groups attached to an aromatic ring is 1. The molecule has 2 heterocycles. The van der Waals surface area contributed by atoms with Crippen molar-refractivity contribution >= 4 is 17.4 Å². The molecule has 1 aliphatic rings. The topological polar surface area (TPSA) is 94.5 Å². The number of hydrogen-bond acceptors (Lipinski definition) is 5. The van der Waals surface area contributed by atoms with Gasteiger partial charge in [-0.2, -0.15) is 0 Å². The molecule has 4 N–H and O–H groups in total. The van der Waals surface area contributed by atoms with E-state index in [9.17, 15) is 4.79 Å². The van der Waals surface area contributed by atoms with E-state index in [4.69, 9.17) is 16.2 Å². The Bertz CT molecular complexity index is 435. The fraction of sp³-hybridized carbons (Fsp3) is 0.455. The molecule has 2 rings (SSSR count). The Kier molecular flexibility index (Phi) is 3.14. The first kappa shape index (κ1) is 11.7. The van der Waals surface area contributed by atoms with Crippen LogP contribution in [0.2, 0.25) is 0 Å². The van der Waals surface area contributed by atoms with E-state index < -0.39 is 11.9 Å². The average Bonchev–Trinajstić information content (AvgIpc) is 2.32. The number of nitrogens with two attached hydrogens (primary N) is 2. The first-order valence-corrected chi connectivity index (χ1v) is 5.45. The van der Waals surface area contributed by atoms with E-state index in [1.807, 2.05) is 11.8 Å². The molecule has 6 nitrogen and oxygen atoms in total. The second kappa shape index (κ2) is 4.58. The van der Waals surface area contributed by atoms with Crippen molar-refractivity contribution in [1.82, 2.24) is 4.98 Å². The SMILES string of the molecule is Cc1cnc(N2CCOCC2C(N)=O)cc1N. The number of morpholine rings is 1. The van der Waals surface area contributed by atoms with Crippen molar-refractivity contribution < 1.29 is 9.53 Å². The number of nitrogens with zero attached hydrogens (tertiary/aromatic N) is 2. The number of hydrogen-bond donors (Lipinski definition) is 2. The number of carbonyl (C=O) groups excluding carboxylic acids is 1. The Balaban J connectivity index is 2.29. The van der Waals surface area contributed by atoms with Gasteiger partial charge >= 0.3 is 0 Å². The molecule has 0 spiro atoms. The quantitative estimate of drug-likeness (QED) is 0.732. The highest BCUT2D eigenvalue weighted by atomic mass is 16.5. The zero-order valence-corrected chi connectivity index (χ0v) is 9.72. The zero-order chi connectivity index (χ0) is 12.4. The summed E-state index contributed by atoms with van der Waals surface area (Å²) in [5.41, 5.74) is 12.7. The molecule has 0 saturated carbocycles. The van der Waals surface area contributed by atoms with Gasteiger partial charge in [-0.3, -0.25) is 4.79 Å². The summed E-state index contributed by atoms with van der Waals surface area (Å²) in [6.07, 6.45) is 1.69. The Labute approximate surface area is 99.5 Å². The van der Waals surface area contributed by atoms with Gasteiger partial charge in [-0.05, 0) is 12.5 Å². The molecule has 1 saturated heterocycles. The number of primary amides is 1. The summed E-state index contributed by atoms with van der Waals surface area (Å²) in [4.78, 5) is 17.4. The Morgan fingerprint density at radius 1 is 1.65 bits per heavy atom. The Hall–Kier alpha value is -1.82. The van der Waals surface area contributed by atoms with Gasteiger partial charge < -0.3 is 21.1 Å². The highest BCUT2D eigenvalue weighted by molar-refractivity contribution is 5.83. The van der Waals surface area contributed by atoms with Crippen molar-refractivity contribution in [1.29, 1.82) is 0 Å². The van der Waals surface area contributed by atoms with Gasteiger partial charge in [0.2, 0.25) is 5.91 Å². The van der Waals surface area contributed by atoms with Crippen molar-refractivity contribution in [3.8, 4) is 0 Å². The van der Waals surface area contributed by atoms with Crippen LogP contribution in [0.15, 0.2) is 12.3 Å². The van der Waals surface area contributed by atoms with E-state index >= 15 is 0 Å². The molecule has 1 unspecified atom stereocenters. The third-order valence-corrected chi connectivity index (χ3v) is 2.88. The molecular formula is C11H16N4O2. The van der Waals surface area contributed by atoms with Crippen molar-refractivity contribution in [2.45, 2.75) is 13.0 Å². The summed E-state index contributed by atoms with van der Waals surface area (Å²) in [5, 5.41) is 0. The standard InChI is InChI=1S/C11H16N4O2/c1-7-5-14-10(4-8(7)12)15-2-3-17-6-9(15)11(13)16/h4-5,9H,2-3,6H2,1H3,(H2,12,14)(H2,13,16). The molecule has 0 radical (unpaired) electrons. The predicted octanol–water partition coefficient (Wildman–Crippen LogP) is -0.337. The van der Waals surface area contributed by atoms with Gasteiger partial charge in [0.15, 0.2) is 0 Å². The predicted molar refractivity (Wildman–Crippen MR) is 64.5 cm³/mol. The maximum atomic E-state index is 11.3. The van der Waals surface area contributed by atoms with Crippen molar-refractivity contribution in [3.05, 3.63) is 17.8 Å². The van der Waals surface area contributed by atoms with Gasteiger partial charge in [-0.15, -0.1) is 0 Å². The van der Waals surface area contributed by atoms with Crippen LogP contribution in [0, 0.1) is 6.92 Å². The van der Waals surface area contributed by atoms with Crippen molar-refractivity contribution in [3.63, 3.8) is 0 Å². The van der Waals surface area contributed by atoms with Gasteiger partial charge in [0.25, 0.3) is 0 Å². The molecule has 1 aromatic heterocycles. The summed E-state index contributed by atoms with van der Waals surface area (Å²) in [7, 11) is 0. The van der Waals surface area contributed by atoms with Gasteiger partial charge in [0, 0.05) is 24.5 Å². The largest absolute Gasteiger partial charge is 0.398 e. The molecule has 1 aromatic rings. The Morgan fingerprint density at radius 2 is 2.41 bits per heavy atom. The number of pyridine rings is 1. The molecule has 0 bridgehead atoms. The minimum Gasteiger partial charge on any atom is -0.398 e. The molecule has 1 atom stereocenters. The van der Waals surface area contributed by atoms with Gasteiger partial charge in [-0.25, -0.2) is 4.98 Å². The minimum atomic E-state index is -0.474. The lowest BCUT2D eigenvalue weighted by molar-refractivity contribution is -0.121. The summed E-state index contributed by atoms with van der Waals surface area (Å²) in [6.45, 7) is 3.32. The summed E-state index contributed by atoms with van der Waals surface area (Å²) in [5.74, 6) is 0.255. The van der Waals surface area contributed by atoms with Crippen LogP contribution in [0.5, 0.6) is 0 Å². The fourth-order valence-corrected chi connectivity index (χ4v) is 1.80. The second-order valence-electron chi connectivity index (χ2n) is 4.09. The Morgan fingerprint density at radius 3 is 3.06 bits per heavy atom. The third kappa shape index (κ3) is 2.31. The number of ether oxygens (including phenoxy) is 1. The number of carbonyl (C=O) groups is 1. The third-order valence-electron chi connectivity index (χ3n) is 2.88. The van der Waals surface area contributed by atoms with Crippen LogP contribution in [0.25, 0.3) is 0 Å². The first-order chi connectivity index (χ1) is 8.09. The van der Waals surface area contributed by atoms with E-state index in [1.165, 1.54) is 0 Å². The average molecular weight is 236 g/mol. The summed E-state index contributed by atoms with van der Waals surface area (Å²) in [6, 6.07) is 1.29. The van der Waals surface area contributed by atoms with Crippen LogP contribution in [0.4, 0.5) is 11.5 Å². The van der Waals surface area contributed by atoms with Gasteiger partial charge in [0.05, 0.1) is 13.2 Å². The lowest BCUT2D eigenvalue weighted by atomic mass is 10.2. The van der Waals surface area contributed by atoms with Crippen LogP contribution < -0.4 is 16.4 Å². The van der Waals surface area contributed by atoms with Gasteiger partial charge in [-0.1, -0.05) is 0 Å². The maximum absolute atomic E-state index is 11.3. The van der Waals surface area contributed by atoms with Crippen molar-refractivity contribution in [2.24, 2.45) is 5.73 Å².